The van der Waals surface area contributed by atoms with E-state index in [1.807, 2.05) is 25.1 Å². The largest absolute Gasteiger partial charge is 0.368 e. The third-order valence-electron chi connectivity index (χ3n) is 3.75. The zero-order chi connectivity index (χ0) is 13.8. The summed E-state index contributed by atoms with van der Waals surface area (Å²) in [6.45, 7) is 2.16. The molecule has 1 aromatic rings. The fourth-order valence-electron chi connectivity index (χ4n) is 2.77. The fourth-order valence-corrected chi connectivity index (χ4v) is 2.77. The van der Waals surface area contributed by atoms with Gasteiger partial charge in [0.2, 0.25) is 5.91 Å². The third-order valence-corrected chi connectivity index (χ3v) is 3.75. The average Bonchev–Trinajstić information content (AvgIpc) is 2.89. The molecule has 19 heavy (non-hydrogen) atoms. The molecular weight excluding hydrogens is 238 g/mol. The second-order valence-electron chi connectivity index (χ2n) is 5.14. The molecule has 0 unspecified atom stereocenters. The Morgan fingerprint density at radius 2 is 2.16 bits per heavy atom. The van der Waals surface area contributed by atoms with Gasteiger partial charge in [0.15, 0.2) is 0 Å². The molecule has 0 aliphatic heterocycles. The monoisotopic (exact) mass is 257 g/mol. The van der Waals surface area contributed by atoms with Gasteiger partial charge < -0.3 is 10.6 Å². The molecule has 0 saturated heterocycles. The lowest BCUT2D eigenvalue weighted by Crippen LogP contribution is -2.40. The van der Waals surface area contributed by atoms with Gasteiger partial charge in [0.05, 0.1) is 18.2 Å². The lowest BCUT2D eigenvalue weighted by Gasteiger charge is -2.30. The van der Waals surface area contributed by atoms with Gasteiger partial charge in [-0.15, -0.1) is 0 Å². The number of nitrogens with zero attached hydrogens (tertiary/aromatic N) is 2. The van der Waals surface area contributed by atoms with Crippen molar-refractivity contribution in [2.45, 2.75) is 38.6 Å². The highest BCUT2D eigenvalue weighted by Crippen LogP contribution is 2.29. The number of rotatable bonds is 4. The quantitative estimate of drug-likeness (QED) is 0.898. The van der Waals surface area contributed by atoms with Crippen LogP contribution in [0.5, 0.6) is 0 Å². The number of primary amides is 1. The highest BCUT2D eigenvalue weighted by Gasteiger charge is 2.24. The Balaban J connectivity index is 2.29. The van der Waals surface area contributed by atoms with Crippen molar-refractivity contribution in [3.8, 4) is 6.07 Å². The molecular formula is C15H19N3O. The smallest absolute Gasteiger partial charge is 0.236 e. The molecule has 4 nitrogen and oxygen atoms in total. The molecule has 1 saturated carbocycles. The van der Waals surface area contributed by atoms with Crippen LogP contribution in [0.1, 0.15) is 36.8 Å². The van der Waals surface area contributed by atoms with E-state index in [0.29, 0.717) is 11.6 Å². The highest BCUT2D eigenvalue weighted by molar-refractivity contribution is 5.80. The molecule has 1 fully saturated rings. The van der Waals surface area contributed by atoms with Crippen LogP contribution in [-0.4, -0.2) is 18.5 Å². The summed E-state index contributed by atoms with van der Waals surface area (Å²) in [5.74, 6) is -0.311. The van der Waals surface area contributed by atoms with E-state index in [-0.39, 0.29) is 12.5 Å². The summed E-state index contributed by atoms with van der Waals surface area (Å²) < 4.78 is 0. The molecule has 0 bridgehead atoms. The molecule has 1 aliphatic carbocycles. The first-order valence-corrected chi connectivity index (χ1v) is 6.67. The number of nitrogens with two attached hydrogens (primary N) is 1. The summed E-state index contributed by atoms with van der Waals surface area (Å²) in [7, 11) is 0. The summed E-state index contributed by atoms with van der Waals surface area (Å²) in [5, 5.41) is 8.97. The van der Waals surface area contributed by atoms with Crippen LogP contribution >= 0.6 is 0 Å². The minimum absolute atomic E-state index is 0.246. The van der Waals surface area contributed by atoms with Gasteiger partial charge >= 0.3 is 0 Å². The molecule has 2 N–H and O–H groups in total. The summed E-state index contributed by atoms with van der Waals surface area (Å²) in [6.07, 6.45) is 4.61. The number of amides is 1. The average molecular weight is 257 g/mol. The number of nitriles is 1. The Bertz CT molecular complexity index is 513. The molecule has 0 atom stereocenters. The SMILES string of the molecule is Cc1cc(N(CC(N)=O)C2CCCC2)ccc1C#N. The predicted molar refractivity (Wildman–Crippen MR) is 74.7 cm³/mol. The minimum Gasteiger partial charge on any atom is -0.368 e. The van der Waals surface area contributed by atoms with Crippen LogP contribution in [0, 0.1) is 18.3 Å². The van der Waals surface area contributed by atoms with Crippen molar-refractivity contribution >= 4 is 11.6 Å². The Hall–Kier alpha value is -2.02. The number of carbonyl (C=O) groups is 1. The molecule has 0 aromatic heterocycles. The number of carbonyl (C=O) groups excluding carboxylic acids is 1. The Kier molecular flexibility index (Phi) is 4.06. The Morgan fingerprint density at radius 3 is 2.68 bits per heavy atom. The van der Waals surface area contributed by atoms with Crippen LogP contribution in [0.3, 0.4) is 0 Å². The van der Waals surface area contributed by atoms with Crippen molar-refractivity contribution in [2.75, 3.05) is 11.4 Å². The summed E-state index contributed by atoms with van der Waals surface area (Å²) in [5.41, 5.74) is 7.96. The van der Waals surface area contributed by atoms with E-state index in [0.717, 1.165) is 24.1 Å². The van der Waals surface area contributed by atoms with E-state index in [2.05, 4.69) is 11.0 Å². The highest BCUT2D eigenvalue weighted by atomic mass is 16.1. The second-order valence-corrected chi connectivity index (χ2v) is 5.14. The third kappa shape index (κ3) is 3.05. The van der Waals surface area contributed by atoms with Crippen molar-refractivity contribution in [3.63, 3.8) is 0 Å². The van der Waals surface area contributed by atoms with Crippen molar-refractivity contribution in [1.29, 1.82) is 5.26 Å². The predicted octanol–water partition coefficient (Wildman–Crippen LogP) is 2.10. The molecule has 0 heterocycles. The summed E-state index contributed by atoms with van der Waals surface area (Å²) >= 11 is 0. The van der Waals surface area contributed by atoms with E-state index in [1.165, 1.54) is 12.8 Å². The van der Waals surface area contributed by atoms with Crippen LogP contribution < -0.4 is 10.6 Å². The van der Waals surface area contributed by atoms with E-state index in [1.54, 1.807) is 0 Å². The first-order chi connectivity index (χ1) is 9.11. The van der Waals surface area contributed by atoms with E-state index in [9.17, 15) is 4.79 Å². The van der Waals surface area contributed by atoms with Crippen molar-refractivity contribution in [2.24, 2.45) is 5.73 Å². The van der Waals surface area contributed by atoms with E-state index >= 15 is 0 Å². The molecule has 0 spiro atoms. The lowest BCUT2D eigenvalue weighted by atomic mass is 10.1. The van der Waals surface area contributed by atoms with Crippen molar-refractivity contribution < 1.29 is 4.79 Å². The van der Waals surface area contributed by atoms with Gasteiger partial charge in [-0.25, -0.2) is 0 Å². The zero-order valence-corrected chi connectivity index (χ0v) is 11.2. The normalized spacial score (nSPS) is 15.2. The molecule has 0 radical (unpaired) electrons. The van der Waals surface area contributed by atoms with Gasteiger partial charge in [-0.2, -0.15) is 5.26 Å². The van der Waals surface area contributed by atoms with Crippen LogP contribution in [0.2, 0.25) is 0 Å². The van der Waals surface area contributed by atoms with Gasteiger partial charge in [0, 0.05) is 11.7 Å². The van der Waals surface area contributed by atoms with E-state index < -0.39 is 0 Å². The molecule has 1 amide bonds. The van der Waals surface area contributed by atoms with Crippen molar-refractivity contribution in [3.05, 3.63) is 29.3 Å². The van der Waals surface area contributed by atoms with E-state index in [4.69, 9.17) is 11.0 Å². The molecule has 1 aliphatic rings. The van der Waals surface area contributed by atoms with Crippen LogP contribution in [0.4, 0.5) is 5.69 Å². The Morgan fingerprint density at radius 1 is 1.47 bits per heavy atom. The van der Waals surface area contributed by atoms with Gasteiger partial charge in [-0.05, 0) is 43.5 Å². The number of hydrogen-bond donors (Lipinski definition) is 1. The molecule has 100 valence electrons. The lowest BCUT2D eigenvalue weighted by molar-refractivity contribution is -0.116. The first kappa shape index (κ1) is 13.4. The fraction of sp³-hybridized carbons (Fsp3) is 0.467. The zero-order valence-electron chi connectivity index (χ0n) is 11.2. The Labute approximate surface area is 113 Å². The maximum Gasteiger partial charge on any atom is 0.236 e. The van der Waals surface area contributed by atoms with Crippen LogP contribution in [0.25, 0.3) is 0 Å². The standard InChI is InChI=1S/C15H19N3O/c1-11-8-14(7-6-12(11)9-16)18(10-15(17)19)13-4-2-3-5-13/h6-8,13H,2-5,10H2,1H3,(H2,17,19). The second kappa shape index (κ2) is 5.75. The summed E-state index contributed by atoms with van der Waals surface area (Å²) in [4.78, 5) is 13.4. The molecule has 1 aromatic carbocycles. The number of hydrogen-bond acceptors (Lipinski definition) is 3. The van der Waals surface area contributed by atoms with Crippen LogP contribution in [0.15, 0.2) is 18.2 Å². The minimum atomic E-state index is -0.311. The van der Waals surface area contributed by atoms with Crippen LogP contribution in [-0.2, 0) is 4.79 Å². The maximum absolute atomic E-state index is 11.3. The number of anilines is 1. The first-order valence-electron chi connectivity index (χ1n) is 6.67. The summed E-state index contributed by atoms with van der Waals surface area (Å²) in [6, 6.07) is 8.24. The topological polar surface area (TPSA) is 70.1 Å². The molecule has 2 rings (SSSR count). The maximum atomic E-state index is 11.3. The number of aryl methyl sites for hydroxylation is 1. The van der Waals surface area contributed by atoms with Crippen molar-refractivity contribution in [1.82, 2.24) is 0 Å². The number of benzene rings is 1. The van der Waals surface area contributed by atoms with Gasteiger partial charge in [0.25, 0.3) is 0 Å². The van der Waals surface area contributed by atoms with Gasteiger partial charge in [0.1, 0.15) is 0 Å². The van der Waals surface area contributed by atoms with Gasteiger partial charge in [-0.3, -0.25) is 4.79 Å². The molecule has 4 heteroatoms. The van der Waals surface area contributed by atoms with Gasteiger partial charge in [-0.1, -0.05) is 12.8 Å².